The smallest absolute Gasteiger partial charge is 0.0934 e. The van der Waals surface area contributed by atoms with E-state index in [1.807, 2.05) is 0 Å². The van der Waals surface area contributed by atoms with Crippen molar-refractivity contribution in [1.82, 2.24) is 0 Å². The molecule has 0 heterocycles. The third-order valence-corrected chi connectivity index (χ3v) is 2.78. The van der Waals surface area contributed by atoms with E-state index in [1.165, 1.54) is 6.42 Å². The molecule has 0 aromatic rings. The van der Waals surface area contributed by atoms with Crippen LogP contribution in [0.5, 0.6) is 0 Å². The van der Waals surface area contributed by atoms with Crippen LogP contribution >= 0.6 is 0 Å². The van der Waals surface area contributed by atoms with Gasteiger partial charge in [-0.05, 0) is 19.3 Å². The van der Waals surface area contributed by atoms with Crippen molar-refractivity contribution in [1.29, 1.82) is 0 Å². The SMILES string of the molecule is CC(C)(C)CC(C)(C)[N+](C)(C)C.[OH-]. The molecule has 2 heteroatoms. The quantitative estimate of drug-likeness (QED) is 0.614. The molecular formula is C11H27NO. The lowest BCUT2D eigenvalue weighted by Crippen LogP contribution is -2.54. The molecule has 13 heavy (non-hydrogen) atoms. The molecule has 0 aliphatic rings. The second-order valence-electron chi connectivity index (χ2n) is 6.56. The Kier molecular flexibility index (Phi) is 4.70. The number of hydrogen-bond donors (Lipinski definition) is 0. The fourth-order valence-electron chi connectivity index (χ4n) is 1.54. The Bertz CT molecular complexity index is 148. The number of quaternary nitrogens is 1. The first-order valence-corrected chi connectivity index (χ1v) is 4.77. The topological polar surface area (TPSA) is 30.0 Å². The molecule has 0 bridgehead atoms. The van der Waals surface area contributed by atoms with E-state index in [4.69, 9.17) is 0 Å². The summed E-state index contributed by atoms with van der Waals surface area (Å²) in [5.74, 6) is 0. The largest absolute Gasteiger partial charge is 0.870 e. The van der Waals surface area contributed by atoms with Gasteiger partial charge in [0.15, 0.2) is 0 Å². The molecule has 0 unspecified atom stereocenters. The Morgan fingerprint density at radius 1 is 0.846 bits per heavy atom. The maximum atomic E-state index is 2.35. The van der Waals surface area contributed by atoms with Crippen molar-refractivity contribution in [3.8, 4) is 0 Å². The van der Waals surface area contributed by atoms with Crippen LogP contribution in [-0.4, -0.2) is 36.6 Å². The molecule has 0 spiro atoms. The standard InChI is InChI=1S/C11H26N.H2O/c1-10(2,3)9-11(4,5)12(6,7)8;/h9H2,1-8H3;1H2/q+1;/p-1. The molecule has 0 saturated heterocycles. The van der Waals surface area contributed by atoms with Crippen LogP contribution < -0.4 is 0 Å². The molecule has 0 atom stereocenters. The van der Waals surface area contributed by atoms with Gasteiger partial charge in [0.05, 0.1) is 26.7 Å². The summed E-state index contributed by atoms with van der Waals surface area (Å²) in [7, 11) is 6.81. The van der Waals surface area contributed by atoms with E-state index in [-0.39, 0.29) is 5.48 Å². The van der Waals surface area contributed by atoms with Crippen LogP contribution in [0.15, 0.2) is 0 Å². The molecule has 0 rings (SSSR count). The van der Waals surface area contributed by atoms with Gasteiger partial charge in [-0.1, -0.05) is 20.8 Å². The van der Waals surface area contributed by atoms with Crippen molar-refractivity contribution in [3.05, 3.63) is 0 Å². The summed E-state index contributed by atoms with van der Waals surface area (Å²) in [6, 6.07) is 0. The van der Waals surface area contributed by atoms with Crippen LogP contribution in [0.1, 0.15) is 41.0 Å². The molecule has 1 N–H and O–H groups in total. The van der Waals surface area contributed by atoms with Gasteiger partial charge < -0.3 is 9.96 Å². The maximum Gasteiger partial charge on any atom is 0.0934 e. The lowest BCUT2D eigenvalue weighted by Gasteiger charge is -2.44. The van der Waals surface area contributed by atoms with Crippen LogP contribution in [0.25, 0.3) is 0 Å². The first-order valence-electron chi connectivity index (χ1n) is 4.77. The molecule has 82 valence electrons. The average molecular weight is 189 g/mol. The zero-order valence-electron chi connectivity index (χ0n) is 10.6. The van der Waals surface area contributed by atoms with E-state index in [1.54, 1.807) is 0 Å². The third-order valence-electron chi connectivity index (χ3n) is 2.78. The molecular weight excluding hydrogens is 162 g/mol. The Balaban J connectivity index is 0. The minimum absolute atomic E-state index is 0. The fourth-order valence-corrected chi connectivity index (χ4v) is 1.54. The van der Waals surface area contributed by atoms with Crippen LogP contribution in [0.3, 0.4) is 0 Å². The molecule has 0 saturated carbocycles. The first kappa shape index (κ1) is 15.4. The third kappa shape index (κ3) is 5.27. The van der Waals surface area contributed by atoms with Crippen molar-refractivity contribution in [2.45, 2.75) is 46.6 Å². The lowest BCUT2D eigenvalue weighted by molar-refractivity contribution is -0.920. The van der Waals surface area contributed by atoms with Crippen molar-refractivity contribution in [3.63, 3.8) is 0 Å². The highest BCUT2D eigenvalue weighted by Crippen LogP contribution is 2.32. The molecule has 0 fully saturated rings. The van der Waals surface area contributed by atoms with Gasteiger partial charge in [0.1, 0.15) is 0 Å². The van der Waals surface area contributed by atoms with Crippen LogP contribution in [0.4, 0.5) is 0 Å². The average Bonchev–Trinajstić information content (AvgIpc) is 1.52. The van der Waals surface area contributed by atoms with Crippen molar-refractivity contribution < 1.29 is 9.96 Å². The van der Waals surface area contributed by atoms with Crippen molar-refractivity contribution in [2.24, 2.45) is 5.41 Å². The summed E-state index contributed by atoms with van der Waals surface area (Å²) in [4.78, 5) is 0. The van der Waals surface area contributed by atoms with Crippen LogP contribution in [-0.2, 0) is 0 Å². The van der Waals surface area contributed by atoms with E-state index in [9.17, 15) is 0 Å². The van der Waals surface area contributed by atoms with Crippen LogP contribution in [0.2, 0.25) is 0 Å². The lowest BCUT2D eigenvalue weighted by atomic mass is 9.80. The summed E-state index contributed by atoms with van der Waals surface area (Å²) in [6.07, 6.45) is 1.25. The summed E-state index contributed by atoms with van der Waals surface area (Å²) in [6.45, 7) is 11.6. The van der Waals surface area contributed by atoms with Crippen molar-refractivity contribution in [2.75, 3.05) is 21.1 Å². The van der Waals surface area contributed by atoms with E-state index < -0.39 is 0 Å². The highest BCUT2D eigenvalue weighted by atomic mass is 16.0. The summed E-state index contributed by atoms with van der Waals surface area (Å²) in [5, 5.41) is 0. The molecule has 2 nitrogen and oxygen atoms in total. The Morgan fingerprint density at radius 2 is 1.15 bits per heavy atom. The Labute approximate surface area is 83.8 Å². The van der Waals surface area contributed by atoms with Gasteiger partial charge >= 0.3 is 0 Å². The highest BCUT2D eigenvalue weighted by Gasteiger charge is 2.36. The predicted molar refractivity (Wildman–Crippen MR) is 58.1 cm³/mol. The summed E-state index contributed by atoms with van der Waals surface area (Å²) < 4.78 is 1.03. The van der Waals surface area contributed by atoms with Crippen LogP contribution in [0, 0.1) is 5.41 Å². The molecule has 0 amide bonds. The molecule has 0 aliphatic heterocycles. The number of rotatable bonds is 2. The Hall–Kier alpha value is -0.0800. The van der Waals surface area contributed by atoms with E-state index >= 15 is 0 Å². The van der Waals surface area contributed by atoms with Gasteiger partial charge in [-0.2, -0.15) is 0 Å². The monoisotopic (exact) mass is 189 g/mol. The van der Waals surface area contributed by atoms with E-state index in [2.05, 4.69) is 55.8 Å². The zero-order valence-corrected chi connectivity index (χ0v) is 10.6. The van der Waals surface area contributed by atoms with Gasteiger partial charge in [0.25, 0.3) is 0 Å². The van der Waals surface area contributed by atoms with Gasteiger partial charge in [-0.25, -0.2) is 0 Å². The summed E-state index contributed by atoms with van der Waals surface area (Å²) in [5.41, 5.74) is 0.785. The van der Waals surface area contributed by atoms with Gasteiger partial charge in [-0.3, -0.25) is 0 Å². The first-order chi connectivity index (χ1) is 4.96. The molecule has 0 aromatic carbocycles. The molecule has 0 aromatic heterocycles. The zero-order chi connectivity index (χ0) is 10.2. The summed E-state index contributed by atoms with van der Waals surface area (Å²) >= 11 is 0. The van der Waals surface area contributed by atoms with Gasteiger partial charge in [0, 0.05) is 6.42 Å². The highest BCUT2D eigenvalue weighted by molar-refractivity contribution is 4.76. The minimum atomic E-state index is 0. The number of hydrogen-bond acceptors (Lipinski definition) is 1. The van der Waals surface area contributed by atoms with Crippen molar-refractivity contribution >= 4 is 0 Å². The van der Waals surface area contributed by atoms with Gasteiger partial charge in [0.2, 0.25) is 0 Å². The Morgan fingerprint density at radius 3 is 1.23 bits per heavy atom. The predicted octanol–water partition coefficient (Wildman–Crippen LogP) is 2.73. The molecule has 0 radical (unpaired) electrons. The van der Waals surface area contributed by atoms with Gasteiger partial charge in [-0.15, -0.1) is 0 Å². The molecule has 0 aliphatic carbocycles. The fraction of sp³-hybridized carbons (Fsp3) is 1.00. The normalized spacial score (nSPS) is 13.8. The second kappa shape index (κ2) is 3.97. The minimum Gasteiger partial charge on any atom is -0.870 e. The maximum absolute atomic E-state index is 2.35. The second-order valence-corrected chi connectivity index (χ2v) is 6.56. The number of nitrogens with zero attached hydrogens (tertiary/aromatic N) is 1. The van der Waals surface area contributed by atoms with E-state index in [0.29, 0.717) is 11.0 Å². The van der Waals surface area contributed by atoms with E-state index in [0.717, 1.165) is 4.48 Å².